The van der Waals surface area contributed by atoms with Crippen LogP contribution in [0.15, 0.2) is 54.3 Å². The second-order valence-corrected chi connectivity index (χ2v) is 14.6. The highest BCUT2D eigenvalue weighted by Gasteiger charge is 2.55. The molecular weight excluding hydrogens is 364 g/mol. The lowest BCUT2D eigenvalue weighted by atomic mass is 9.71. The van der Waals surface area contributed by atoms with E-state index >= 15 is 0 Å². The molecule has 4 heteroatoms. The lowest BCUT2D eigenvalue weighted by molar-refractivity contribution is -0.126. The average Bonchev–Trinajstić information content (AvgIpc) is 2.92. The predicted octanol–water partition coefficient (Wildman–Crippen LogP) is 5.86. The molecule has 152 valence electrons. The highest BCUT2D eigenvalue weighted by atomic mass is 28.4. The Kier molecular flexibility index (Phi) is 5.75. The maximum absolute atomic E-state index is 13.7. The summed E-state index contributed by atoms with van der Waals surface area (Å²) in [5.74, 6) is 1.27. The SMILES string of the molecule is COC1=CC=C[C@]2(C1)C(=O)C(c1ccccc1)C[C@H]2CO[Si](C)(C)C(C)(C)C. The molecule has 2 aliphatic rings. The molecular formula is C24H34O3Si. The predicted molar refractivity (Wildman–Crippen MR) is 117 cm³/mol. The van der Waals surface area contributed by atoms with E-state index in [0.717, 1.165) is 17.7 Å². The normalized spacial score (nSPS) is 27.9. The van der Waals surface area contributed by atoms with E-state index in [-0.39, 0.29) is 16.9 Å². The smallest absolute Gasteiger partial charge is 0.191 e. The van der Waals surface area contributed by atoms with E-state index in [1.165, 1.54) is 0 Å². The zero-order valence-corrected chi connectivity index (χ0v) is 19.1. The molecule has 0 radical (unpaired) electrons. The third kappa shape index (κ3) is 3.77. The van der Waals surface area contributed by atoms with Crippen molar-refractivity contribution >= 4 is 14.1 Å². The zero-order valence-electron chi connectivity index (χ0n) is 18.1. The quantitative estimate of drug-likeness (QED) is 0.583. The van der Waals surface area contributed by atoms with Gasteiger partial charge in [0.05, 0.1) is 18.3 Å². The summed E-state index contributed by atoms with van der Waals surface area (Å²) in [7, 11) is -0.194. The number of rotatable bonds is 5. The summed E-state index contributed by atoms with van der Waals surface area (Å²) in [4.78, 5) is 13.7. The van der Waals surface area contributed by atoms with Crippen molar-refractivity contribution in [3.63, 3.8) is 0 Å². The van der Waals surface area contributed by atoms with Crippen LogP contribution in [0.5, 0.6) is 0 Å². The minimum atomic E-state index is -1.88. The van der Waals surface area contributed by atoms with Crippen molar-refractivity contribution in [2.45, 2.75) is 57.7 Å². The summed E-state index contributed by atoms with van der Waals surface area (Å²) in [5.41, 5.74) is 0.590. The Labute approximate surface area is 171 Å². The summed E-state index contributed by atoms with van der Waals surface area (Å²) in [6, 6.07) is 10.2. The van der Waals surface area contributed by atoms with Gasteiger partial charge in [-0.2, -0.15) is 0 Å². The molecule has 0 N–H and O–H groups in total. The summed E-state index contributed by atoms with van der Waals surface area (Å²) in [6.45, 7) is 12.0. The first-order valence-electron chi connectivity index (χ1n) is 10.3. The van der Waals surface area contributed by atoms with E-state index in [0.29, 0.717) is 18.8 Å². The molecule has 0 amide bonds. The first-order chi connectivity index (χ1) is 13.1. The van der Waals surface area contributed by atoms with E-state index in [1.807, 2.05) is 30.4 Å². The van der Waals surface area contributed by atoms with Gasteiger partial charge in [0.15, 0.2) is 14.1 Å². The van der Waals surface area contributed by atoms with Gasteiger partial charge in [0.1, 0.15) is 0 Å². The van der Waals surface area contributed by atoms with Gasteiger partial charge in [0, 0.05) is 18.9 Å². The van der Waals surface area contributed by atoms with Crippen molar-refractivity contribution in [2.75, 3.05) is 13.7 Å². The molecule has 0 bridgehead atoms. The van der Waals surface area contributed by atoms with E-state index in [9.17, 15) is 4.79 Å². The highest BCUT2D eigenvalue weighted by Crippen LogP contribution is 2.54. The number of carbonyl (C=O) groups excluding carboxylic acids is 1. The van der Waals surface area contributed by atoms with Crippen LogP contribution in [-0.4, -0.2) is 27.8 Å². The fraction of sp³-hybridized carbons (Fsp3) is 0.542. The molecule has 3 nitrogen and oxygen atoms in total. The molecule has 0 heterocycles. The maximum Gasteiger partial charge on any atom is 0.191 e. The molecule has 1 aromatic carbocycles. The number of carbonyl (C=O) groups is 1. The number of ether oxygens (including phenoxy) is 1. The Morgan fingerprint density at radius 3 is 2.46 bits per heavy atom. The van der Waals surface area contributed by atoms with Crippen molar-refractivity contribution in [3.8, 4) is 0 Å². The summed E-state index contributed by atoms with van der Waals surface area (Å²) in [5, 5.41) is 0.154. The second-order valence-electron chi connectivity index (χ2n) is 9.74. The lowest BCUT2D eigenvalue weighted by Crippen LogP contribution is -2.44. The minimum absolute atomic E-state index is 0.0740. The lowest BCUT2D eigenvalue weighted by Gasteiger charge is -2.39. The molecule has 3 atom stereocenters. The first kappa shape index (κ1) is 21.1. The number of hydrogen-bond donors (Lipinski definition) is 0. The van der Waals surface area contributed by atoms with Gasteiger partial charge in [-0.15, -0.1) is 0 Å². The van der Waals surface area contributed by atoms with Crippen LogP contribution in [0.2, 0.25) is 18.1 Å². The van der Waals surface area contributed by atoms with Crippen molar-refractivity contribution in [2.24, 2.45) is 11.3 Å². The van der Waals surface area contributed by atoms with Crippen LogP contribution >= 0.6 is 0 Å². The van der Waals surface area contributed by atoms with E-state index < -0.39 is 13.7 Å². The third-order valence-electron chi connectivity index (χ3n) is 7.08. The van der Waals surface area contributed by atoms with Crippen LogP contribution in [0.25, 0.3) is 0 Å². The van der Waals surface area contributed by atoms with Crippen LogP contribution < -0.4 is 0 Å². The monoisotopic (exact) mass is 398 g/mol. The van der Waals surface area contributed by atoms with E-state index in [1.54, 1.807) is 7.11 Å². The van der Waals surface area contributed by atoms with Gasteiger partial charge in [-0.1, -0.05) is 63.3 Å². The van der Waals surface area contributed by atoms with Crippen molar-refractivity contribution in [1.29, 1.82) is 0 Å². The number of Topliss-reactive ketones (excluding diaryl/α,β-unsaturated/α-hetero) is 1. The number of allylic oxidation sites excluding steroid dienone is 4. The van der Waals surface area contributed by atoms with Crippen molar-refractivity contribution in [3.05, 3.63) is 59.9 Å². The van der Waals surface area contributed by atoms with Gasteiger partial charge >= 0.3 is 0 Å². The maximum atomic E-state index is 13.7. The molecule has 1 saturated carbocycles. The minimum Gasteiger partial charge on any atom is -0.501 e. The van der Waals surface area contributed by atoms with Gasteiger partial charge < -0.3 is 9.16 Å². The number of benzene rings is 1. The van der Waals surface area contributed by atoms with Gasteiger partial charge in [-0.3, -0.25) is 4.79 Å². The van der Waals surface area contributed by atoms with Gasteiger partial charge in [-0.25, -0.2) is 0 Å². The van der Waals surface area contributed by atoms with Gasteiger partial charge in [-0.05, 0) is 42.1 Å². The zero-order chi connectivity index (χ0) is 20.6. The third-order valence-corrected chi connectivity index (χ3v) is 11.6. The fourth-order valence-electron chi connectivity index (χ4n) is 4.17. The molecule has 1 aromatic rings. The standard InChI is InChI=1S/C24H34O3Si/c1-23(2,3)28(5,6)27-17-19-15-21(18-11-8-7-9-12-18)22(25)24(19)14-10-13-20(16-24)26-4/h7-14,19,21H,15-17H2,1-6H3/t19-,21?,24+/m0/s1. The Bertz CT molecular complexity index is 773. The Balaban J connectivity index is 1.91. The van der Waals surface area contributed by atoms with E-state index in [4.69, 9.17) is 9.16 Å². The number of methoxy groups -OCH3 is 1. The van der Waals surface area contributed by atoms with E-state index in [2.05, 4.69) is 52.1 Å². The molecule has 3 rings (SSSR count). The summed E-state index contributed by atoms with van der Waals surface area (Å²) in [6.07, 6.45) is 7.54. The molecule has 0 aliphatic heterocycles. The number of hydrogen-bond acceptors (Lipinski definition) is 3. The first-order valence-corrected chi connectivity index (χ1v) is 13.2. The largest absolute Gasteiger partial charge is 0.501 e. The highest BCUT2D eigenvalue weighted by molar-refractivity contribution is 6.74. The molecule has 0 saturated heterocycles. The molecule has 28 heavy (non-hydrogen) atoms. The molecule has 0 aromatic heterocycles. The van der Waals surface area contributed by atoms with Crippen molar-refractivity contribution in [1.82, 2.24) is 0 Å². The van der Waals surface area contributed by atoms with Crippen LogP contribution in [0.1, 0.15) is 45.1 Å². The van der Waals surface area contributed by atoms with Crippen molar-refractivity contribution < 1.29 is 14.0 Å². The van der Waals surface area contributed by atoms with Crippen LogP contribution in [-0.2, 0) is 14.0 Å². The van der Waals surface area contributed by atoms with Crippen LogP contribution in [0.4, 0.5) is 0 Å². The topological polar surface area (TPSA) is 35.5 Å². The Morgan fingerprint density at radius 2 is 1.86 bits per heavy atom. The van der Waals surface area contributed by atoms with Crippen LogP contribution in [0.3, 0.4) is 0 Å². The second kappa shape index (κ2) is 7.64. The summed E-state index contributed by atoms with van der Waals surface area (Å²) >= 11 is 0. The Morgan fingerprint density at radius 1 is 1.18 bits per heavy atom. The van der Waals surface area contributed by atoms with Gasteiger partial charge in [0.25, 0.3) is 0 Å². The Hall–Kier alpha value is -1.65. The van der Waals surface area contributed by atoms with Crippen LogP contribution in [0, 0.1) is 11.3 Å². The molecule has 1 unspecified atom stereocenters. The average molecular weight is 399 g/mol. The number of ketones is 1. The summed E-state index contributed by atoms with van der Waals surface area (Å²) < 4.78 is 12.1. The van der Waals surface area contributed by atoms with Gasteiger partial charge in [0.2, 0.25) is 0 Å². The molecule has 2 aliphatic carbocycles. The molecule has 1 spiro atoms. The fourth-order valence-corrected chi connectivity index (χ4v) is 5.22. The molecule has 1 fully saturated rings.